The molecule has 4 heteroatoms. The van der Waals surface area contributed by atoms with Crippen molar-refractivity contribution in [2.75, 3.05) is 13.2 Å². The highest BCUT2D eigenvalue weighted by Crippen LogP contribution is 2.25. The predicted octanol–water partition coefficient (Wildman–Crippen LogP) is 0.930. The van der Waals surface area contributed by atoms with Gasteiger partial charge in [-0.2, -0.15) is 0 Å². The van der Waals surface area contributed by atoms with E-state index in [1.807, 2.05) is 30.3 Å². The zero-order valence-corrected chi connectivity index (χ0v) is 11.2. The first-order valence-electron chi connectivity index (χ1n) is 6.93. The van der Waals surface area contributed by atoms with Gasteiger partial charge in [-0.05, 0) is 31.2 Å². The van der Waals surface area contributed by atoms with Crippen molar-refractivity contribution in [3.05, 3.63) is 35.9 Å². The summed E-state index contributed by atoms with van der Waals surface area (Å²) >= 11 is 0. The van der Waals surface area contributed by atoms with Gasteiger partial charge in [0.25, 0.3) is 0 Å². The lowest BCUT2D eigenvalue weighted by Crippen LogP contribution is -2.52. The van der Waals surface area contributed by atoms with Crippen LogP contribution in [0.3, 0.4) is 0 Å². The molecule has 19 heavy (non-hydrogen) atoms. The summed E-state index contributed by atoms with van der Waals surface area (Å²) < 4.78 is 0. The quantitative estimate of drug-likeness (QED) is 0.801. The van der Waals surface area contributed by atoms with E-state index >= 15 is 0 Å². The van der Waals surface area contributed by atoms with Crippen LogP contribution < -0.4 is 5.73 Å². The van der Waals surface area contributed by atoms with Crippen LogP contribution in [0.1, 0.15) is 24.8 Å². The minimum Gasteiger partial charge on any atom is -0.395 e. The van der Waals surface area contributed by atoms with E-state index in [1.54, 1.807) is 4.90 Å². The Labute approximate surface area is 114 Å². The molecule has 1 aliphatic carbocycles. The summed E-state index contributed by atoms with van der Waals surface area (Å²) in [4.78, 5) is 14.1. The molecule has 0 bridgehead atoms. The van der Waals surface area contributed by atoms with Gasteiger partial charge in [-0.1, -0.05) is 30.3 Å². The van der Waals surface area contributed by atoms with E-state index in [0.717, 1.165) is 24.8 Å². The fraction of sp³-hybridized carbons (Fsp3) is 0.533. The highest BCUT2D eigenvalue weighted by Gasteiger charge is 2.30. The molecule has 1 aromatic carbocycles. The Bertz CT molecular complexity index is 404. The predicted molar refractivity (Wildman–Crippen MR) is 74.6 cm³/mol. The second-order valence-corrected chi connectivity index (χ2v) is 5.14. The maximum Gasteiger partial charge on any atom is 0.240 e. The summed E-state index contributed by atoms with van der Waals surface area (Å²) in [5.41, 5.74) is 7.09. The first kappa shape index (κ1) is 14.0. The average Bonchev–Trinajstić information content (AvgIpc) is 2.36. The van der Waals surface area contributed by atoms with Gasteiger partial charge in [0.15, 0.2) is 0 Å². The van der Waals surface area contributed by atoms with E-state index < -0.39 is 6.04 Å². The zero-order chi connectivity index (χ0) is 13.7. The maximum absolute atomic E-state index is 12.4. The standard InChI is InChI=1S/C15H22N2O2/c16-14(11-12-5-2-1-3-6-12)15(19)17(9-10-18)13-7-4-8-13/h1-3,5-6,13-14,18H,4,7-11,16H2/t14-/m1/s1. The number of amides is 1. The van der Waals surface area contributed by atoms with Gasteiger partial charge in [0, 0.05) is 12.6 Å². The molecule has 0 radical (unpaired) electrons. The van der Waals surface area contributed by atoms with Gasteiger partial charge in [-0.15, -0.1) is 0 Å². The van der Waals surface area contributed by atoms with Crippen molar-refractivity contribution in [1.29, 1.82) is 0 Å². The molecule has 0 spiro atoms. The van der Waals surface area contributed by atoms with Crippen LogP contribution in [0.25, 0.3) is 0 Å². The Morgan fingerprint density at radius 3 is 2.58 bits per heavy atom. The number of hydrogen-bond acceptors (Lipinski definition) is 3. The molecule has 1 amide bonds. The lowest BCUT2D eigenvalue weighted by Gasteiger charge is -2.38. The van der Waals surface area contributed by atoms with Gasteiger partial charge in [-0.3, -0.25) is 4.79 Å². The minimum absolute atomic E-state index is 0.000295. The van der Waals surface area contributed by atoms with Crippen molar-refractivity contribution in [3.63, 3.8) is 0 Å². The first-order chi connectivity index (χ1) is 9.22. The van der Waals surface area contributed by atoms with Crippen molar-refractivity contribution in [2.24, 2.45) is 5.73 Å². The van der Waals surface area contributed by atoms with Crippen LogP contribution in [0.5, 0.6) is 0 Å². The van der Waals surface area contributed by atoms with Gasteiger partial charge in [0.1, 0.15) is 0 Å². The van der Waals surface area contributed by atoms with Crippen LogP contribution in [0.15, 0.2) is 30.3 Å². The van der Waals surface area contributed by atoms with Gasteiger partial charge in [0.05, 0.1) is 12.6 Å². The van der Waals surface area contributed by atoms with E-state index in [-0.39, 0.29) is 18.6 Å². The highest BCUT2D eigenvalue weighted by molar-refractivity contribution is 5.82. The van der Waals surface area contributed by atoms with Crippen LogP contribution in [0, 0.1) is 0 Å². The summed E-state index contributed by atoms with van der Waals surface area (Å²) in [7, 11) is 0. The highest BCUT2D eigenvalue weighted by atomic mass is 16.3. The van der Waals surface area contributed by atoms with Crippen LogP contribution in [-0.4, -0.2) is 41.1 Å². The maximum atomic E-state index is 12.4. The molecule has 2 rings (SSSR count). The Morgan fingerprint density at radius 2 is 2.05 bits per heavy atom. The van der Waals surface area contributed by atoms with Gasteiger partial charge >= 0.3 is 0 Å². The number of nitrogens with zero attached hydrogens (tertiary/aromatic N) is 1. The van der Waals surface area contributed by atoms with Crippen molar-refractivity contribution in [1.82, 2.24) is 4.90 Å². The molecule has 1 atom stereocenters. The number of benzene rings is 1. The number of carbonyl (C=O) groups is 1. The molecule has 0 saturated heterocycles. The summed E-state index contributed by atoms with van der Waals surface area (Å²) in [5.74, 6) is -0.0393. The lowest BCUT2D eigenvalue weighted by molar-refractivity contribution is -0.137. The first-order valence-corrected chi connectivity index (χ1v) is 6.93. The third-order valence-corrected chi connectivity index (χ3v) is 3.76. The van der Waals surface area contributed by atoms with Gasteiger partial charge in [0.2, 0.25) is 5.91 Å². The molecule has 104 valence electrons. The number of nitrogens with two attached hydrogens (primary N) is 1. The van der Waals surface area contributed by atoms with E-state index in [9.17, 15) is 4.79 Å². The molecule has 1 aromatic rings. The zero-order valence-electron chi connectivity index (χ0n) is 11.2. The number of aliphatic hydroxyl groups excluding tert-OH is 1. The molecule has 0 unspecified atom stereocenters. The van der Waals surface area contributed by atoms with Crippen LogP contribution >= 0.6 is 0 Å². The molecule has 1 saturated carbocycles. The number of hydrogen-bond donors (Lipinski definition) is 2. The second-order valence-electron chi connectivity index (χ2n) is 5.14. The molecule has 1 aliphatic rings. The van der Waals surface area contributed by atoms with Crippen molar-refractivity contribution in [3.8, 4) is 0 Å². The van der Waals surface area contributed by atoms with E-state index in [0.29, 0.717) is 13.0 Å². The Kier molecular flexibility index (Phi) is 4.93. The molecule has 0 aliphatic heterocycles. The third-order valence-electron chi connectivity index (χ3n) is 3.76. The average molecular weight is 262 g/mol. The van der Waals surface area contributed by atoms with Crippen LogP contribution in [0.2, 0.25) is 0 Å². The second kappa shape index (κ2) is 6.68. The minimum atomic E-state index is -0.519. The molecule has 0 aromatic heterocycles. The Morgan fingerprint density at radius 1 is 1.37 bits per heavy atom. The van der Waals surface area contributed by atoms with E-state index in [1.165, 1.54) is 0 Å². The van der Waals surface area contributed by atoms with Crippen molar-refractivity contribution < 1.29 is 9.90 Å². The number of rotatable bonds is 6. The summed E-state index contributed by atoms with van der Waals surface area (Å²) in [6.45, 7) is 0.395. The molecule has 0 heterocycles. The van der Waals surface area contributed by atoms with E-state index in [2.05, 4.69) is 0 Å². The monoisotopic (exact) mass is 262 g/mol. The molecular weight excluding hydrogens is 240 g/mol. The Hall–Kier alpha value is -1.39. The summed E-state index contributed by atoms with van der Waals surface area (Å²) in [6.07, 6.45) is 3.77. The smallest absolute Gasteiger partial charge is 0.240 e. The SMILES string of the molecule is N[C@H](Cc1ccccc1)C(=O)N(CCO)C1CCC1. The molecule has 3 N–H and O–H groups in total. The summed E-state index contributed by atoms with van der Waals surface area (Å²) in [5, 5.41) is 9.09. The number of carbonyl (C=O) groups excluding carboxylic acids is 1. The lowest BCUT2D eigenvalue weighted by atomic mass is 9.90. The number of aliphatic hydroxyl groups is 1. The van der Waals surface area contributed by atoms with Gasteiger partial charge < -0.3 is 15.7 Å². The molecule has 1 fully saturated rings. The fourth-order valence-electron chi connectivity index (χ4n) is 2.45. The fourth-order valence-corrected chi connectivity index (χ4v) is 2.45. The molecular formula is C15H22N2O2. The third kappa shape index (κ3) is 3.55. The van der Waals surface area contributed by atoms with Crippen LogP contribution in [-0.2, 0) is 11.2 Å². The topological polar surface area (TPSA) is 66.6 Å². The van der Waals surface area contributed by atoms with Crippen LogP contribution in [0.4, 0.5) is 0 Å². The largest absolute Gasteiger partial charge is 0.395 e. The normalized spacial score (nSPS) is 16.7. The summed E-state index contributed by atoms with van der Waals surface area (Å²) in [6, 6.07) is 9.56. The van der Waals surface area contributed by atoms with Gasteiger partial charge in [-0.25, -0.2) is 0 Å². The van der Waals surface area contributed by atoms with Crippen molar-refractivity contribution in [2.45, 2.75) is 37.8 Å². The van der Waals surface area contributed by atoms with Crippen molar-refractivity contribution >= 4 is 5.91 Å². The Balaban J connectivity index is 1.96. The van der Waals surface area contributed by atoms with E-state index in [4.69, 9.17) is 10.8 Å². The molecule has 4 nitrogen and oxygen atoms in total.